The van der Waals surface area contributed by atoms with Gasteiger partial charge in [-0.25, -0.2) is 8.78 Å². The number of halogens is 2. The first-order valence-corrected chi connectivity index (χ1v) is 6.31. The van der Waals surface area contributed by atoms with E-state index in [0.29, 0.717) is 24.6 Å². The van der Waals surface area contributed by atoms with Gasteiger partial charge in [0.1, 0.15) is 11.6 Å². The summed E-state index contributed by atoms with van der Waals surface area (Å²) in [6.45, 7) is 6.94. The Hall–Kier alpha value is -1.00. The second kappa shape index (κ2) is 8.16. The molecule has 0 heterocycles. The number of ether oxygens (including phenoxy) is 1. The van der Waals surface area contributed by atoms with Gasteiger partial charge in [-0.05, 0) is 36.6 Å². The highest BCUT2D eigenvalue weighted by Gasteiger charge is 2.00. The second-order valence-corrected chi connectivity index (χ2v) is 4.78. The third-order valence-corrected chi connectivity index (χ3v) is 2.34. The monoisotopic (exact) mass is 257 g/mol. The number of nitrogens with one attached hydrogen (secondary N) is 1. The third kappa shape index (κ3) is 6.67. The molecule has 0 atom stereocenters. The molecule has 0 fully saturated rings. The highest BCUT2D eigenvalue weighted by Crippen LogP contribution is 2.07. The Kier molecular flexibility index (Phi) is 6.83. The summed E-state index contributed by atoms with van der Waals surface area (Å²) in [5.74, 6) is -0.521. The van der Waals surface area contributed by atoms with Gasteiger partial charge in [0.2, 0.25) is 0 Å². The molecule has 0 saturated carbocycles. The summed E-state index contributed by atoms with van der Waals surface area (Å²) < 4.78 is 31.2. The van der Waals surface area contributed by atoms with E-state index in [-0.39, 0.29) is 0 Å². The zero-order valence-corrected chi connectivity index (χ0v) is 11.0. The molecule has 0 amide bonds. The number of rotatable bonds is 8. The van der Waals surface area contributed by atoms with Crippen LogP contribution in [0.5, 0.6) is 0 Å². The van der Waals surface area contributed by atoms with Crippen LogP contribution in [-0.2, 0) is 11.3 Å². The molecule has 4 heteroatoms. The Morgan fingerprint density at radius 2 is 1.83 bits per heavy atom. The lowest BCUT2D eigenvalue weighted by atomic mass is 10.2. The molecule has 0 aromatic heterocycles. The van der Waals surface area contributed by atoms with Gasteiger partial charge in [-0.1, -0.05) is 13.8 Å². The number of benzene rings is 1. The van der Waals surface area contributed by atoms with Crippen molar-refractivity contribution in [2.24, 2.45) is 5.92 Å². The van der Waals surface area contributed by atoms with Crippen LogP contribution in [0.1, 0.15) is 25.8 Å². The average Bonchev–Trinajstić information content (AvgIpc) is 2.26. The molecule has 1 rings (SSSR count). The molecule has 0 bridgehead atoms. The van der Waals surface area contributed by atoms with E-state index in [1.807, 2.05) is 0 Å². The van der Waals surface area contributed by atoms with Gasteiger partial charge in [-0.2, -0.15) is 0 Å². The van der Waals surface area contributed by atoms with Crippen LogP contribution in [-0.4, -0.2) is 19.8 Å². The molecule has 1 aromatic carbocycles. The van der Waals surface area contributed by atoms with E-state index >= 15 is 0 Å². The first-order chi connectivity index (χ1) is 8.58. The summed E-state index contributed by atoms with van der Waals surface area (Å²) in [6.07, 6.45) is 0.893. The number of hydrogen-bond acceptors (Lipinski definition) is 2. The fourth-order valence-corrected chi connectivity index (χ4v) is 1.56. The van der Waals surface area contributed by atoms with Crippen molar-refractivity contribution >= 4 is 0 Å². The Balaban J connectivity index is 2.10. The lowest BCUT2D eigenvalue weighted by molar-refractivity contribution is 0.108. The van der Waals surface area contributed by atoms with Crippen LogP contribution in [0.3, 0.4) is 0 Å². The minimum absolute atomic E-state index is 0.471. The smallest absolute Gasteiger partial charge is 0.126 e. The molecule has 1 N–H and O–H groups in total. The minimum atomic E-state index is -0.535. The van der Waals surface area contributed by atoms with Crippen LogP contribution in [0, 0.1) is 17.6 Å². The van der Waals surface area contributed by atoms with E-state index in [4.69, 9.17) is 4.74 Å². The van der Waals surface area contributed by atoms with Crippen LogP contribution in [0.2, 0.25) is 0 Å². The molecule has 0 radical (unpaired) electrons. The van der Waals surface area contributed by atoms with Crippen LogP contribution >= 0.6 is 0 Å². The van der Waals surface area contributed by atoms with E-state index in [9.17, 15) is 8.78 Å². The fraction of sp³-hybridized carbons (Fsp3) is 0.571. The van der Waals surface area contributed by atoms with Gasteiger partial charge in [-0.15, -0.1) is 0 Å². The molecule has 0 aliphatic rings. The molecule has 0 aliphatic carbocycles. The van der Waals surface area contributed by atoms with Crippen LogP contribution in [0.4, 0.5) is 8.78 Å². The Morgan fingerprint density at radius 3 is 2.44 bits per heavy atom. The summed E-state index contributed by atoms with van der Waals surface area (Å²) in [4.78, 5) is 0. The fourth-order valence-electron chi connectivity index (χ4n) is 1.56. The first kappa shape index (κ1) is 15.1. The lowest BCUT2D eigenvalue weighted by Crippen LogP contribution is -2.17. The molecule has 102 valence electrons. The van der Waals surface area contributed by atoms with Crippen molar-refractivity contribution in [3.63, 3.8) is 0 Å². The molecule has 0 saturated heterocycles. The van der Waals surface area contributed by atoms with E-state index in [1.165, 1.54) is 12.1 Å². The molecule has 0 unspecified atom stereocenters. The average molecular weight is 257 g/mol. The molecular formula is C14H21F2NO. The van der Waals surface area contributed by atoms with Crippen LogP contribution in [0.15, 0.2) is 18.2 Å². The normalized spacial score (nSPS) is 11.2. The maximum Gasteiger partial charge on any atom is 0.126 e. The summed E-state index contributed by atoms with van der Waals surface area (Å²) in [5.41, 5.74) is 0.621. The summed E-state index contributed by atoms with van der Waals surface area (Å²) in [6, 6.07) is 3.56. The molecule has 1 aromatic rings. The summed E-state index contributed by atoms with van der Waals surface area (Å²) in [5, 5.41) is 3.13. The Labute approximate surface area is 107 Å². The molecule has 0 aliphatic heterocycles. The SMILES string of the molecule is CC(C)COCCCNCc1cc(F)cc(F)c1. The minimum Gasteiger partial charge on any atom is -0.381 e. The van der Waals surface area contributed by atoms with Gasteiger partial charge in [0, 0.05) is 25.8 Å². The highest BCUT2D eigenvalue weighted by molar-refractivity contribution is 5.17. The highest BCUT2D eigenvalue weighted by atomic mass is 19.1. The Bertz CT molecular complexity index is 335. The molecular weight excluding hydrogens is 236 g/mol. The van der Waals surface area contributed by atoms with Crippen LogP contribution < -0.4 is 5.32 Å². The predicted octanol–water partition coefficient (Wildman–Crippen LogP) is 3.12. The Morgan fingerprint density at radius 1 is 1.17 bits per heavy atom. The summed E-state index contributed by atoms with van der Waals surface area (Å²) in [7, 11) is 0. The first-order valence-electron chi connectivity index (χ1n) is 6.31. The van der Waals surface area contributed by atoms with Crippen molar-refractivity contribution in [3.05, 3.63) is 35.4 Å². The topological polar surface area (TPSA) is 21.3 Å². The van der Waals surface area contributed by atoms with Crippen molar-refractivity contribution in [2.45, 2.75) is 26.8 Å². The van der Waals surface area contributed by atoms with E-state index in [0.717, 1.165) is 25.6 Å². The van der Waals surface area contributed by atoms with Crippen molar-refractivity contribution in [1.29, 1.82) is 0 Å². The van der Waals surface area contributed by atoms with Crippen molar-refractivity contribution in [3.8, 4) is 0 Å². The van der Waals surface area contributed by atoms with Gasteiger partial charge >= 0.3 is 0 Å². The quantitative estimate of drug-likeness (QED) is 0.722. The summed E-state index contributed by atoms with van der Waals surface area (Å²) >= 11 is 0. The zero-order chi connectivity index (χ0) is 13.4. The molecule has 18 heavy (non-hydrogen) atoms. The van der Waals surface area contributed by atoms with Crippen molar-refractivity contribution in [1.82, 2.24) is 5.32 Å². The third-order valence-electron chi connectivity index (χ3n) is 2.34. The van der Waals surface area contributed by atoms with Crippen LogP contribution in [0.25, 0.3) is 0 Å². The van der Waals surface area contributed by atoms with Gasteiger partial charge in [-0.3, -0.25) is 0 Å². The molecule has 2 nitrogen and oxygen atoms in total. The second-order valence-electron chi connectivity index (χ2n) is 4.78. The van der Waals surface area contributed by atoms with Gasteiger partial charge in [0.15, 0.2) is 0 Å². The van der Waals surface area contributed by atoms with E-state index < -0.39 is 11.6 Å². The van der Waals surface area contributed by atoms with Gasteiger partial charge in [0.05, 0.1) is 0 Å². The molecule has 0 spiro atoms. The largest absolute Gasteiger partial charge is 0.381 e. The van der Waals surface area contributed by atoms with E-state index in [2.05, 4.69) is 19.2 Å². The predicted molar refractivity (Wildman–Crippen MR) is 68.3 cm³/mol. The standard InChI is InChI=1S/C14H21F2NO/c1-11(2)10-18-5-3-4-17-9-12-6-13(15)8-14(16)7-12/h6-8,11,17H,3-5,9-10H2,1-2H3. The van der Waals surface area contributed by atoms with E-state index in [1.54, 1.807) is 0 Å². The van der Waals surface area contributed by atoms with Gasteiger partial charge < -0.3 is 10.1 Å². The number of hydrogen-bond donors (Lipinski definition) is 1. The maximum absolute atomic E-state index is 12.9. The maximum atomic E-state index is 12.9. The van der Waals surface area contributed by atoms with Crippen molar-refractivity contribution < 1.29 is 13.5 Å². The van der Waals surface area contributed by atoms with Crippen molar-refractivity contribution in [2.75, 3.05) is 19.8 Å². The lowest BCUT2D eigenvalue weighted by Gasteiger charge is -2.08. The van der Waals surface area contributed by atoms with Gasteiger partial charge in [0.25, 0.3) is 0 Å². The zero-order valence-electron chi connectivity index (χ0n) is 11.0.